The van der Waals surface area contributed by atoms with Crippen molar-refractivity contribution in [2.24, 2.45) is 7.05 Å². The molecule has 1 unspecified atom stereocenters. The van der Waals surface area contributed by atoms with Crippen molar-refractivity contribution in [3.8, 4) is 11.5 Å². The first-order valence-corrected chi connectivity index (χ1v) is 6.61. The minimum absolute atomic E-state index is 0.167. The van der Waals surface area contributed by atoms with E-state index in [2.05, 4.69) is 20.7 Å². The van der Waals surface area contributed by atoms with Crippen molar-refractivity contribution in [1.29, 1.82) is 0 Å². The molecule has 2 aromatic heterocycles. The maximum absolute atomic E-state index is 12.2. The summed E-state index contributed by atoms with van der Waals surface area (Å²) in [5, 5.41) is 10.2. The first kappa shape index (κ1) is 12.9. The van der Waals surface area contributed by atoms with Crippen molar-refractivity contribution in [2.45, 2.75) is 19.4 Å². The van der Waals surface area contributed by atoms with Crippen LogP contribution >= 0.6 is 0 Å². The molecule has 7 nitrogen and oxygen atoms in total. The second kappa shape index (κ2) is 5.09. The monoisotopic (exact) mass is 275 g/mol. The van der Waals surface area contributed by atoms with Gasteiger partial charge in [0, 0.05) is 25.8 Å². The van der Waals surface area contributed by atoms with Gasteiger partial charge in [-0.15, -0.1) is 0 Å². The second-order valence-electron chi connectivity index (χ2n) is 4.99. The van der Waals surface area contributed by atoms with Crippen LogP contribution in [0.3, 0.4) is 0 Å². The van der Waals surface area contributed by atoms with Crippen LogP contribution in [0.1, 0.15) is 22.7 Å². The SMILES string of the molecule is Cc1oc(-c2cnn(C)c2)nc1C(=O)NC1CCNC1. The van der Waals surface area contributed by atoms with Crippen LogP contribution in [0.15, 0.2) is 16.8 Å². The van der Waals surface area contributed by atoms with Gasteiger partial charge in [-0.25, -0.2) is 4.98 Å². The van der Waals surface area contributed by atoms with Gasteiger partial charge in [-0.1, -0.05) is 0 Å². The number of nitrogens with zero attached hydrogens (tertiary/aromatic N) is 3. The summed E-state index contributed by atoms with van der Waals surface area (Å²) in [6.07, 6.45) is 4.40. The molecule has 1 aliphatic rings. The number of rotatable bonds is 3. The topological polar surface area (TPSA) is 85.0 Å². The molecule has 1 aliphatic heterocycles. The van der Waals surface area contributed by atoms with Gasteiger partial charge in [0.2, 0.25) is 5.89 Å². The number of amides is 1. The lowest BCUT2D eigenvalue weighted by molar-refractivity contribution is 0.0934. The van der Waals surface area contributed by atoms with Crippen LogP contribution in [0.5, 0.6) is 0 Å². The van der Waals surface area contributed by atoms with Crippen molar-refractivity contribution in [3.05, 3.63) is 23.8 Å². The van der Waals surface area contributed by atoms with E-state index in [1.54, 1.807) is 24.0 Å². The Bertz CT molecular complexity index is 624. The molecular weight excluding hydrogens is 258 g/mol. The van der Waals surface area contributed by atoms with Crippen molar-refractivity contribution in [2.75, 3.05) is 13.1 Å². The highest BCUT2D eigenvalue weighted by molar-refractivity contribution is 5.93. The Morgan fingerprint density at radius 1 is 1.60 bits per heavy atom. The van der Waals surface area contributed by atoms with Gasteiger partial charge in [-0.2, -0.15) is 5.10 Å². The van der Waals surface area contributed by atoms with Crippen LogP contribution in [0, 0.1) is 6.92 Å². The van der Waals surface area contributed by atoms with Gasteiger partial charge in [-0.3, -0.25) is 9.48 Å². The molecule has 2 aromatic rings. The van der Waals surface area contributed by atoms with Crippen molar-refractivity contribution in [3.63, 3.8) is 0 Å². The van der Waals surface area contributed by atoms with Crippen LogP contribution in [0.4, 0.5) is 0 Å². The molecule has 1 amide bonds. The summed E-state index contributed by atoms with van der Waals surface area (Å²) in [5.74, 6) is 0.757. The Kier molecular flexibility index (Phi) is 3.27. The Morgan fingerprint density at radius 2 is 2.45 bits per heavy atom. The highest BCUT2D eigenvalue weighted by atomic mass is 16.4. The molecule has 7 heteroatoms. The van der Waals surface area contributed by atoms with Crippen molar-refractivity contribution in [1.82, 2.24) is 25.4 Å². The van der Waals surface area contributed by atoms with Gasteiger partial charge >= 0.3 is 0 Å². The van der Waals surface area contributed by atoms with Gasteiger partial charge < -0.3 is 15.1 Å². The fourth-order valence-electron chi connectivity index (χ4n) is 2.29. The van der Waals surface area contributed by atoms with Gasteiger partial charge in [-0.05, 0) is 19.9 Å². The number of aryl methyl sites for hydroxylation is 2. The Balaban J connectivity index is 1.79. The minimum Gasteiger partial charge on any atom is -0.440 e. The quantitative estimate of drug-likeness (QED) is 0.851. The van der Waals surface area contributed by atoms with E-state index in [0.717, 1.165) is 25.1 Å². The third-order valence-corrected chi connectivity index (χ3v) is 3.36. The van der Waals surface area contributed by atoms with Crippen LogP contribution in [0.25, 0.3) is 11.5 Å². The Hall–Kier alpha value is -2.15. The number of aromatic nitrogens is 3. The van der Waals surface area contributed by atoms with E-state index >= 15 is 0 Å². The molecule has 20 heavy (non-hydrogen) atoms. The highest BCUT2D eigenvalue weighted by Gasteiger charge is 2.22. The van der Waals surface area contributed by atoms with Gasteiger partial charge in [0.25, 0.3) is 5.91 Å². The summed E-state index contributed by atoms with van der Waals surface area (Å²) < 4.78 is 7.22. The Labute approximate surface area is 116 Å². The van der Waals surface area contributed by atoms with Crippen molar-refractivity contribution >= 4 is 5.91 Å². The van der Waals surface area contributed by atoms with E-state index in [-0.39, 0.29) is 11.9 Å². The summed E-state index contributed by atoms with van der Waals surface area (Å²) in [4.78, 5) is 16.5. The summed E-state index contributed by atoms with van der Waals surface area (Å²) in [5.41, 5.74) is 1.10. The lowest BCUT2D eigenvalue weighted by Crippen LogP contribution is -2.36. The molecule has 0 aliphatic carbocycles. The van der Waals surface area contributed by atoms with E-state index in [1.807, 2.05) is 7.05 Å². The van der Waals surface area contributed by atoms with E-state index < -0.39 is 0 Å². The fraction of sp³-hybridized carbons (Fsp3) is 0.462. The number of hydrogen-bond donors (Lipinski definition) is 2. The lowest BCUT2D eigenvalue weighted by Gasteiger charge is -2.09. The number of carbonyl (C=O) groups excluding carboxylic acids is 1. The summed E-state index contributed by atoms with van der Waals surface area (Å²) in [6, 6.07) is 0.167. The standard InChI is InChI=1S/C13H17N5O2/c1-8-11(12(19)16-10-3-4-14-6-10)17-13(20-8)9-5-15-18(2)7-9/h5,7,10,14H,3-4,6H2,1-2H3,(H,16,19). The number of carbonyl (C=O) groups is 1. The number of hydrogen-bond acceptors (Lipinski definition) is 5. The molecular formula is C13H17N5O2. The summed E-state index contributed by atoms with van der Waals surface area (Å²) in [7, 11) is 1.82. The molecule has 3 rings (SSSR count). The lowest BCUT2D eigenvalue weighted by atomic mass is 10.2. The van der Waals surface area contributed by atoms with E-state index in [4.69, 9.17) is 4.42 Å². The molecule has 0 radical (unpaired) electrons. The van der Waals surface area contributed by atoms with Gasteiger partial charge in [0.15, 0.2) is 5.69 Å². The highest BCUT2D eigenvalue weighted by Crippen LogP contribution is 2.21. The van der Waals surface area contributed by atoms with Crippen LogP contribution < -0.4 is 10.6 Å². The normalized spacial score (nSPS) is 18.4. The molecule has 1 fully saturated rings. The molecule has 3 heterocycles. The zero-order valence-electron chi connectivity index (χ0n) is 11.5. The predicted octanol–water partition coefficient (Wildman–Crippen LogP) is 0.475. The average molecular weight is 275 g/mol. The number of nitrogens with one attached hydrogen (secondary N) is 2. The zero-order valence-corrected chi connectivity index (χ0v) is 11.5. The molecule has 1 atom stereocenters. The predicted molar refractivity (Wildman–Crippen MR) is 72.2 cm³/mol. The first-order valence-electron chi connectivity index (χ1n) is 6.61. The molecule has 1 saturated heterocycles. The third kappa shape index (κ3) is 2.44. The minimum atomic E-state index is -0.185. The second-order valence-corrected chi connectivity index (χ2v) is 4.99. The van der Waals surface area contributed by atoms with Crippen LogP contribution in [0.2, 0.25) is 0 Å². The van der Waals surface area contributed by atoms with Crippen LogP contribution in [-0.2, 0) is 7.05 Å². The van der Waals surface area contributed by atoms with E-state index in [9.17, 15) is 4.79 Å². The first-order chi connectivity index (χ1) is 9.63. The maximum atomic E-state index is 12.2. The Morgan fingerprint density at radius 3 is 3.10 bits per heavy atom. The maximum Gasteiger partial charge on any atom is 0.273 e. The third-order valence-electron chi connectivity index (χ3n) is 3.36. The summed E-state index contributed by atoms with van der Waals surface area (Å²) >= 11 is 0. The van der Waals surface area contributed by atoms with Gasteiger partial charge in [0.1, 0.15) is 5.76 Å². The molecule has 0 saturated carbocycles. The number of oxazole rings is 1. The van der Waals surface area contributed by atoms with E-state index in [1.165, 1.54) is 0 Å². The molecule has 106 valence electrons. The van der Waals surface area contributed by atoms with E-state index in [0.29, 0.717) is 17.3 Å². The summed E-state index contributed by atoms with van der Waals surface area (Å²) in [6.45, 7) is 3.48. The van der Waals surface area contributed by atoms with Crippen molar-refractivity contribution < 1.29 is 9.21 Å². The molecule has 0 spiro atoms. The molecule has 0 aromatic carbocycles. The fourth-order valence-corrected chi connectivity index (χ4v) is 2.29. The van der Waals surface area contributed by atoms with Gasteiger partial charge in [0.05, 0.1) is 11.8 Å². The largest absolute Gasteiger partial charge is 0.440 e. The molecule has 2 N–H and O–H groups in total. The smallest absolute Gasteiger partial charge is 0.273 e. The zero-order chi connectivity index (χ0) is 14.1. The average Bonchev–Trinajstić information content (AvgIpc) is 3.10. The molecule has 0 bridgehead atoms. The van der Waals surface area contributed by atoms with Crippen LogP contribution in [-0.4, -0.2) is 39.8 Å².